The molecule has 3 aromatic carbocycles. The van der Waals surface area contributed by atoms with Gasteiger partial charge in [-0.1, -0.05) is 29.3 Å². The first kappa shape index (κ1) is 23.0. The van der Waals surface area contributed by atoms with Gasteiger partial charge in [-0.2, -0.15) is 5.26 Å². The fourth-order valence-corrected chi connectivity index (χ4v) is 3.19. The van der Waals surface area contributed by atoms with E-state index in [0.717, 1.165) is 5.56 Å². The van der Waals surface area contributed by atoms with E-state index < -0.39 is 5.91 Å². The molecule has 6 nitrogen and oxygen atoms in total. The number of hydrogen-bond acceptors (Lipinski definition) is 5. The molecule has 2 N–H and O–H groups in total. The van der Waals surface area contributed by atoms with Gasteiger partial charge in [0.2, 0.25) is 0 Å². The van der Waals surface area contributed by atoms with Gasteiger partial charge in [0.25, 0.3) is 5.91 Å². The fraction of sp³-hybridized carbons (Fsp3) is 0.0833. The number of nitrogens with zero attached hydrogens (tertiary/aromatic N) is 1. The Bertz CT molecular complexity index is 1200. The lowest BCUT2D eigenvalue weighted by atomic mass is 10.1. The monoisotopic (exact) mass is 468 g/mol. The first-order chi connectivity index (χ1) is 15.4. The zero-order valence-electron chi connectivity index (χ0n) is 16.9. The fourth-order valence-electron chi connectivity index (χ4n) is 2.73. The number of benzene rings is 3. The second-order valence-electron chi connectivity index (χ2n) is 6.60. The van der Waals surface area contributed by atoms with E-state index in [2.05, 4.69) is 5.32 Å². The first-order valence-corrected chi connectivity index (χ1v) is 10.1. The molecule has 0 spiro atoms. The third-order valence-electron chi connectivity index (χ3n) is 4.41. The lowest BCUT2D eigenvalue weighted by Crippen LogP contribution is -2.13. The maximum atomic E-state index is 12.6. The minimum Gasteiger partial charge on any atom is -0.508 e. The van der Waals surface area contributed by atoms with Crippen molar-refractivity contribution in [3.8, 4) is 23.3 Å². The Morgan fingerprint density at radius 2 is 1.88 bits per heavy atom. The molecule has 0 bridgehead atoms. The Kier molecular flexibility index (Phi) is 7.61. The number of carbonyl (C=O) groups is 1. The summed E-state index contributed by atoms with van der Waals surface area (Å²) < 4.78 is 11.2. The number of carbonyl (C=O) groups excluding carboxylic acids is 1. The van der Waals surface area contributed by atoms with Gasteiger partial charge < -0.3 is 19.9 Å². The highest BCUT2D eigenvalue weighted by Gasteiger charge is 2.13. The van der Waals surface area contributed by atoms with Gasteiger partial charge in [-0.25, -0.2) is 0 Å². The minimum absolute atomic E-state index is 0.0693. The van der Waals surface area contributed by atoms with Gasteiger partial charge >= 0.3 is 0 Å². The number of ether oxygens (including phenoxy) is 2. The number of methoxy groups -OCH3 is 1. The van der Waals surface area contributed by atoms with E-state index in [-0.39, 0.29) is 17.9 Å². The van der Waals surface area contributed by atoms with Crippen molar-refractivity contribution in [3.63, 3.8) is 0 Å². The molecule has 0 saturated carbocycles. The van der Waals surface area contributed by atoms with Gasteiger partial charge in [0.15, 0.2) is 0 Å². The summed E-state index contributed by atoms with van der Waals surface area (Å²) in [5, 5.41) is 22.5. The van der Waals surface area contributed by atoms with Gasteiger partial charge in [0, 0.05) is 32.9 Å². The van der Waals surface area contributed by atoms with Gasteiger partial charge in [-0.05, 0) is 54.6 Å². The highest BCUT2D eigenvalue weighted by Crippen LogP contribution is 2.29. The molecule has 0 radical (unpaired) electrons. The highest BCUT2D eigenvalue weighted by molar-refractivity contribution is 6.35. The van der Waals surface area contributed by atoms with Crippen LogP contribution in [0.1, 0.15) is 11.1 Å². The summed E-state index contributed by atoms with van der Waals surface area (Å²) in [6.07, 6.45) is 1.42. The van der Waals surface area contributed by atoms with Crippen LogP contribution in [0.3, 0.4) is 0 Å². The minimum atomic E-state index is -0.597. The molecule has 0 atom stereocenters. The van der Waals surface area contributed by atoms with E-state index in [9.17, 15) is 15.2 Å². The van der Waals surface area contributed by atoms with Crippen molar-refractivity contribution in [2.45, 2.75) is 6.61 Å². The second-order valence-corrected chi connectivity index (χ2v) is 7.44. The molecule has 0 heterocycles. The van der Waals surface area contributed by atoms with E-state index in [4.69, 9.17) is 32.7 Å². The second kappa shape index (κ2) is 10.6. The summed E-state index contributed by atoms with van der Waals surface area (Å²) in [5.41, 5.74) is 1.54. The van der Waals surface area contributed by atoms with Crippen LogP contribution in [0.15, 0.2) is 66.2 Å². The Hall–Kier alpha value is -3.66. The van der Waals surface area contributed by atoms with Crippen molar-refractivity contribution in [2.75, 3.05) is 12.4 Å². The molecular formula is C24H18Cl2N2O4. The molecule has 32 heavy (non-hydrogen) atoms. The van der Waals surface area contributed by atoms with Crippen molar-refractivity contribution >= 4 is 40.9 Å². The topological polar surface area (TPSA) is 91.6 Å². The Morgan fingerprint density at radius 1 is 1.12 bits per heavy atom. The number of halogens is 2. The summed E-state index contributed by atoms with van der Waals surface area (Å²) in [6, 6.07) is 17.9. The predicted molar refractivity (Wildman–Crippen MR) is 124 cm³/mol. The molecule has 3 aromatic rings. The summed E-state index contributed by atoms with van der Waals surface area (Å²) in [7, 11) is 1.52. The molecule has 8 heteroatoms. The number of nitrogens with one attached hydrogen (secondary N) is 1. The smallest absolute Gasteiger partial charge is 0.266 e. The molecule has 0 unspecified atom stereocenters. The van der Waals surface area contributed by atoms with Crippen LogP contribution in [0.2, 0.25) is 10.0 Å². The highest BCUT2D eigenvalue weighted by atomic mass is 35.5. The molecule has 0 aromatic heterocycles. The number of hydrogen-bond donors (Lipinski definition) is 2. The van der Waals surface area contributed by atoms with Crippen LogP contribution in [0.4, 0.5) is 5.69 Å². The van der Waals surface area contributed by atoms with Gasteiger partial charge in [0.05, 0.1) is 7.11 Å². The Labute approximate surface area is 195 Å². The average Bonchev–Trinajstić information content (AvgIpc) is 2.78. The number of phenols is 1. The normalized spacial score (nSPS) is 10.9. The van der Waals surface area contributed by atoms with Crippen molar-refractivity contribution < 1.29 is 19.4 Å². The van der Waals surface area contributed by atoms with Crippen LogP contribution in [-0.2, 0) is 11.4 Å². The van der Waals surface area contributed by atoms with E-state index in [1.807, 2.05) is 6.07 Å². The van der Waals surface area contributed by atoms with Crippen LogP contribution in [0.5, 0.6) is 17.2 Å². The molecule has 162 valence electrons. The van der Waals surface area contributed by atoms with Gasteiger partial charge in [-0.15, -0.1) is 0 Å². The molecule has 0 fully saturated rings. The number of aromatic hydroxyl groups is 1. The lowest BCUT2D eigenvalue weighted by Gasteiger charge is -2.13. The molecular weight excluding hydrogens is 451 g/mol. The maximum absolute atomic E-state index is 12.6. The zero-order chi connectivity index (χ0) is 23.1. The first-order valence-electron chi connectivity index (χ1n) is 9.36. The summed E-state index contributed by atoms with van der Waals surface area (Å²) in [4.78, 5) is 12.6. The average molecular weight is 469 g/mol. The van der Waals surface area contributed by atoms with Crippen LogP contribution in [0.25, 0.3) is 6.08 Å². The maximum Gasteiger partial charge on any atom is 0.266 e. The van der Waals surface area contributed by atoms with Gasteiger partial charge in [-0.3, -0.25) is 4.79 Å². The number of nitriles is 1. The molecule has 0 aliphatic rings. The van der Waals surface area contributed by atoms with E-state index in [1.54, 1.807) is 36.4 Å². The number of anilines is 1. The molecule has 3 rings (SSSR count). The van der Waals surface area contributed by atoms with Crippen molar-refractivity contribution in [3.05, 3.63) is 87.4 Å². The van der Waals surface area contributed by atoms with E-state index in [1.165, 1.54) is 37.5 Å². The molecule has 0 aliphatic heterocycles. The third-order valence-corrected chi connectivity index (χ3v) is 5.00. The third kappa shape index (κ3) is 5.94. The molecule has 1 amide bonds. The van der Waals surface area contributed by atoms with Crippen LogP contribution >= 0.6 is 23.2 Å². The van der Waals surface area contributed by atoms with Crippen LogP contribution in [-0.4, -0.2) is 18.1 Å². The van der Waals surface area contributed by atoms with Gasteiger partial charge in [0.1, 0.15) is 35.5 Å². The van der Waals surface area contributed by atoms with Crippen molar-refractivity contribution in [1.29, 1.82) is 5.26 Å². The summed E-state index contributed by atoms with van der Waals surface area (Å²) in [5.74, 6) is 0.424. The lowest BCUT2D eigenvalue weighted by molar-refractivity contribution is -0.112. The Morgan fingerprint density at radius 3 is 2.53 bits per heavy atom. The predicted octanol–water partition coefficient (Wildman–Crippen LogP) is 5.83. The van der Waals surface area contributed by atoms with Crippen LogP contribution < -0.4 is 14.8 Å². The Balaban J connectivity index is 1.86. The largest absolute Gasteiger partial charge is 0.508 e. The number of phenolic OH excluding ortho intramolecular Hbond substituents is 1. The van der Waals surface area contributed by atoms with E-state index >= 15 is 0 Å². The van der Waals surface area contributed by atoms with Crippen molar-refractivity contribution in [2.24, 2.45) is 0 Å². The number of amides is 1. The molecule has 0 aliphatic carbocycles. The SMILES string of the molecule is COc1ccc(/C=C(\C#N)C(=O)Nc2ccc(O)cc2)c(OCc2ccc(Cl)cc2Cl)c1. The number of rotatable bonds is 7. The quantitative estimate of drug-likeness (QED) is 0.258. The standard InChI is InChI=1S/C24H18Cl2N2O4/c1-31-21-9-3-15(23(12-21)32-14-16-2-4-18(25)11-22(16)26)10-17(13-27)24(30)28-19-5-7-20(29)8-6-19/h2-12,29H,14H2,1H3,(H,28,30)/b17-10+. The molecule has 0 saturated heterocycles. The van der Waals surface area contributed by atoms with Crippen molar-refractivity contribution in [1.82, 2.24) is 0 Å². The summed E-state index contributed by atoms with van der Waals surface area (Å²) >= 11 is 12.2. The van der Waals surface area contributed by atoms with Crippen LogP contribution in [0, 0.1) is 11.3 Å². The van der Waals surface area contributed by atoms with E-state index in [0.29, 0.717) is 32.8 Å². The summed E-state index contributed by atoms with van der Waals surface area (Å²) in [6.45, 7) is 0.144. The zero-order valence-corrected chi connectivity index (χ0v) is 18.4.